The Bertz CT molecular complexity index is 1270. The summed E-state index contributed by atoms with van der Waals surface area (Å²) >= 11 is 1.34. The number of phenolic OH excluding ortho intramolecular Hbond substituents is 1. The van der Waals surface area contributed by atoms with E-state index in [1.165, 1.54) is 17.8 Å². The molecule has 0 saturated carbocycles. The first-order valence-electron chi connectivity index (χ1n) is 9.48. The predicted molar refractivity (Wildman–Crippen MR) is 118 cm³/mol. The number of aryl methyl sites for hydroxylation is 1. The molecule has 0 aliphatic carbocycles. The molecule has 0 unspecified atom stereocenters. The van der Waals surface area contributed by atoms with Crippen LogP contribution in [0, 0.1) is 6.92 Å². The topological polar surface area (TPSA) is 113 Å². The highest BCUT2D eigenvalue weighted by Crippen LogP contribution is 2.27. The molecule has 0 atom stereocenters. The third-order valence-electron chi connectivity index (χ3n) is 4.58. The summed E-state index contributed by atoms with van der Waals surface area (Å²) in [5.74, 6) is 1.15. The van der Waals surface area contributed by atoms with E-state index in [-0.39, 0.29) is 5.75 Å². The fraction of sp³-hybridized carbons (Fsp3) is 0.136. The second-order valence-electron chi connectivity index (χ2n) is 6.85. The van der Waals surface area contributed by atoms with E-state index in [1.807, 2.05) is 37.3 Å². The fourth-order valence-electron chi connectivity index (χ4n) is 3.00. The number of nitrogens with one attached hydrogen (secondary N) is 1. The van der Waals surface area contributed by atoms with Crippen molar-refractivity contribution in [3.63, 3.8) is 0 Å². The van der Waals surface area contributed by atoms with Gasteiger partial charge in [-0.2, -0.15) is 0 Å². The Morgan fingerprint density at radius 1 is 1.10 bits per heavy atom. The summed E-state index contributed by atoms with van der Waals surface area (Å²) < 4.78 is 7.06. The van der Waals surface area contributed by atoms with Crippen LogP contribution in [0.2, 0.25) is 0 Å². The van der Waals surface area contributed by atoms with Crippen molar-refractivity contribution in [1.82, 2.24) is 14.9 Å². The first kappa shape index (κ1) is 20.5. The molecule has 9 heteroatoms. The van der Waals surface area contributed by atoms with Crippen molar-refractivity contribution >= 4 is 11.8 Å². The molecule has 2 aromatic heterocycles. The molecular formula is C22H20N4O4S. The van der Waals surface area contributed by atoms with Crippen LogP contribution in [0.1, 0.15) is 16.9 Å². The van der Waals surface area contributed by atoms with Gasteiger partial charge in [0.05, 0.1) is 12.3 Å². The normalized spacial score (nSPS) is 10.9. The number of nitrogens with zero attached hydrogens (tertiary/aromatic N) is 3. The Morgan fingerprint density at radius 3 is 2.71 bits per heavy atom. The van der Waals surface area contributed by atoms with Crippen LogP contribution in [-0.4, -0.2) is 25.1 Å². The van der Waals surface area contributed by atoms with E-state index >= 15 is 0 Å². The van der Waals surface area contributed by atoms with Gasteiger partial charge in [-0.1, -0.05) is 48.2 Å². The minimum atomic E-state index is -0.495. The van der Waals surface area contributed by atoms with Crippen molar-refractivity contribution < 1.29 is 14.6 Å². The van der Waals surface area contributed by atoms with Crippen LogP contribution in [0.5, 0.6) is 11.5 Å². The van der Waals surface area contributed by atoms with Crippen molar-refractivity contribution in [2.45, 2.75) is 24.4 Å². The van der Waals surface area contributed by atoms with Crippen molar-refractivity contribution in [2.75, 3.05) is 5.43 Å². The molecule has 0 bridgehead atoms. The molecule has 8 nitrogen and oxygen atoms in total. The number of hydrogen-bond donors (Lipinski definition) is 3. The summed E-state index contributed by atoms with van der Waals surface area (Å²) in [6.45, 7) is 2.44. The minimum absolute atomic E-state index is 0.194. The lowest BCUT2D eigenvalue weighted by Gasteiger charge is -2.14. The maximum absolute atomic E-state index is 11.6. The third-order valence-corrected chi connectivity index (χ3v) is 5.53. The largest absolute Gasteiger partial charge is 0.508 e. The lowest BCUT2D eigenvalue weighted by atomic mass is 10.1. The summed E-state index contributed by atoms with van der Waals surface area (Å²) in [5.41, 5.74) is 5.70. The third kappa shape index (κ3) is 4.72. The molecule has 2 aromatic carbocycles. The highest BCUT2D eigenvalue weighted by molar-refractivity contribution is 7.98. The van der Waals surface area contributed by atoms with Crippen molar-refractivity contribution in [2.24, 2.45) is 0 Å². The van der Waals surface area contributed by atoms with Crippen LogP contribution < -0.4 is 10.9 Å². The molecular weight excluding hydrogens is 416 g/mol. The Morgan fingerprint density at radius 2 is 1.94 bits per heavy atom. The molecule has 2 heterocycles. The molecule has 4 rings (SSSR count). The smallest absolute Gasteiger partial charge is 0.226 e. The zero-order valence-electron chi connectivity index (χ0n) is 16.6. The van der Waals surface area contributed by atoms with Gasteiger partial charge >= 0.3 is 0 Å². The number of rotatable bonds is 7. The van der Waals surface area contributed by atoms with E-state index < -0.39 is 11.2 Å². The highest BCUT2D eigenvalue weighted by atomic mass is 32.2. The van der Waals surface area contributed by atoms with Gasteiger partial charge in [0.25, 0.3) is 0 Å². The molecule has 0 saturated heterocycles. The predicted octanol–water partition coefficient (Wildman–Crippen LogP) is 3.65. The van der Waals surface area contributed by atoms with Gasteiger partial charge in [-0.3, -0.25) is 4.79 Å². The van der Waals surface area contributed by atoms with E-state index in [4.69, 9.17) is 4.42 Å². The number of benzene rings is 2. The van der Waals surface area contributed by atoms with Gasteiger partial charge in [0, 0.05) is 11.6 Å². The maximum Gasteiger partial charge on any atom is 0.226 e. The molecule has 0 amide bonds. The highest BCUT2D eigenvalue weighted by Gasteiger charge is 2.17. The monoisotopic (exact) mass is 436 g/mol. The van der Waals surface area contributed by atoms with Crippen LogP contribution in [0.15, 0.2) is 75.2 Å². The van der Waals surface area contributed by atoms with Gasteiger partial charge in [0.1, 0.15) is 17.8 Å². The second kappa shape index (κ2) is 8.97. The summed E-state index contributed by atoms with van der Waals surface area (Å²) in [4.78, 5) is 11.6. The average Bonchev–Trinajstić information content (AvgIpc) is 3.16. The van der Waals surface area contributed by atoms with Gasteiger partial charge < -0.3 is 20.1 Å². The van der Waals surface area contributed by atoms with Gasteiger partial charge in [-0.15, -0.1) is 10.2 Å². The van der Waals surface area contributed by atoms with Crippen LogP contribution in [0.3, 0.4) is 0 Å². The van der Waals surface area contributed by atoms with Gasteiger partial charge in [0.15, 0.2) is 11.6 Å². The molecule has 0 radical (unpaired) electrons. The molecule has 0 fully saturated rings. The van der Waals surface area contributed by atoms with E-state index in [0.29, 0.717) is 29.0 Å². The summed E-state index contributed by atoms with van der Waals surface area (Å²) in [6, 6.07) is 16.1. The van der Waals surface area contributed by atoms with E-state index in [0.717, 1.165) is 23.0 Å². The maximum atomic E-state index is 11.6. The van der Waals surface area contributed by atoms with E-state index in [9.17, 15) is 15.0 Å². The first-order chi connectivity index (χ1) is 15.0. The Labute approximate surface area is 182 Å². The molecule has 158 valence electrons. The molecule has 0 aliphatic rings. The van der Waals surface area contributed by atoms with Crippen LogP contribution >= 0.6 is 11.8 Å². The SMILES string of the molecule is Cc1ccccc1-c1nnc(SCc2cc(=O)c(O)co2)n1NCc1cccc(O)c1. The van der Waals surface area contributed by atoms with Crippen molar-refractivity contribution in [3.05, 3.63) is 88.0 Å². The quantitative estimate of drug-likeness (QED) is 0.376. The first-order valence-corrected chi connectivity index (χ1v) is 10.5. The van der Waals surface area contributed by atoms with Gasteiger partial charge in [0.2, 0.25) is 10.6 Å². The number of phenols is 1. The summed E-state index contributed by atoms with van der Waals surface area (Å²) in [6.07, 6.45) is 1.03. The van der Waals surface area contributed by atoms with E-state index in [1.54, 1.807) is 22.9 Å². The lowest BCUT2D eigenvalue weighted by Crippen LogP contribution is -2.17. The zero-order valence-corrected chi connectivity index (χ0v) is 17.5. The fourth-order valence-corrected chi connectivity index (χ4v) is 3.80. The van der Waals surface area contributed by atoms with Crippen molar-refractivity contribution in [1.29, 1.82) is 0 Å². The van der Waals surface area contributed by atoms with Crippen LogP contribution in [0.4, 0.5) is 0 Å². The Kier molecular flexibility index (Phi) is 5.94. The molecule has 0 spiro atoms. The molecule has 31 heavy (non-hydrogen) atoms. The average molecular weight is 436 g/mol. The molecule has 0 aliphatic heterocycles. The number of thioether (sulfide) groups is 1. The molecule has 4 aromatic rings. The lowest BCUT2D eigenvalue weighted by molar-refractivity contribution is 0.419. The van der Waals surface area contributed by atoms with Crippen molar-refractivity contribution in [3.8, 4) is 22.9 Å². The van der Waals surface area contributed by atoms with E-state index in [2.05, 4.69) is 15.6 Å². The summed E-state index contributed by atoms with van der Waals surface area (Å²) in [7, 11) is 0. The number of aromatic nitrogens is 3. The number of hydrogen-bond acceptors (Lipinski definition) is 8. The molecule has 3 N–H and O–H groups in total. The van der Waals surface area contributed by atoms with Gasteiger partial charge in [-0.25, -0.2) is 4.68 Å². The van der Waals surface area contributed by atoms with Crippen LogP contribution in [0.25, 0.3) is 11.4 Å². The Balaban J connectivity index is 1.63. The van der Waals surface area contributed by atoms with Gasteiger partial charge in [-0.05, 0) is 30.2 Å². The Hall–Kier alpha value is -3.72. The minimum Gasteiger partial charge on any atom is -0.508 e. The second-order valence-corrected chi connectivity index (χ2v) is 7.79. The summed E-state index contributed by atoms with van der Waals surface area (Å²) in [5, 5.41) is 28.3. The van der Waals surface area contributed by atoms with Crippen LogP contribution in [-0.2, 0) is 12.3 Å². The standard InChI is InChI=1S/C22H20N4O4S/c1-14-5-2-3-8-18(14)21-24-25-22(31-13-17-10-19(28)20(29)12-30-17)26(21)23-11-15-6-4-7-16(27)9-15/h2-10,12,23,27,29H,11,13H2,1H3. The zero-order chi connectivity index (χ0) is 21.8. The number of aromatic hydroxyl groups is 2.